The molecule has 0 radical (unpaired) electrons. The van der Waals surface area contributed by atoms with Gasteiger partial charge >= 0.3 is 23.9 Å². The molecule has 2 aromatic carbocycles. The Morgan fingerprint density at radius 2 is 1.39 bits per heavy atom. The van der Waals surface area contributed by atoms with Gasteiger partial charge in [0, 0.05) is 38.3 Å². The summed E-state index contributed by atoms with van der Waals surface area (Å²) in [6.07, 6.45) is -5.57. The lowest BCUT2D eigenvalue weighted by atomic mass is 9.89. The molecule has 0 bridgehead atoms. The third kappa shape index (κ3) is 8.74. The van der Waals surface area contributed by atoms with Crippen molar-refractivity contribution in [2.24, 2.45) is 0 Å². The van der Waals surface area contributed by atoms with E-state index in [0.717, 1.165) is 19.4 Å². The molecule has 0 aromatic heterocycles. The van der Waals surface area contributed by atoms with Gasteiger partial charge in [0.05, 0.1) is 0 Å². The lowest BCUT2D eigenvalue weighted by Gasteiger charge is -2.44. The lowest BCUT2D eigenvalue weighted by molar-refractivity contribution is -0.254. The molecule has 1 saturated heterocycles. The number of aliphatic hydroxyl groups is 2. The fourth-order valence-corrected chi connectivity index (χ4v) is 4.75. The van der Waals surface area contributed by atoms with Crippen LogP contribution in [0.2, 0.25) is 5.02 Å². The Morgan fingerprint density at radius 3 is 1.93 bits per heavy atom. The zero-order chi connectivity index (χ0) is 30.5. The minimum absolute atomic E-state index is 0.318. The fourth-order valence-electron chi connectivity index (χ4n) is 4.56. The number of carbonyl (C=O) groups excluding carboxylic acids is 4. The number of esters is 4. The number of hydrogen-bond donors (Lipinski definition) is 2. The predicted octanol–water partition coefficient (Wildman–Crippen LogP) is 2.89. The van der Waals surface area contributed by atoms with Gasteiger partial charge in [-0.15, -0.1) is 0 Å². The van der Waals surface area contributed by atoms with E-state index in [2.05, 4.69) is 0 Å². The van der Waals surface area contributed by atoms with Gasteiger partial charge < -0.3 is 33.9 Å². The number of benzene rings is 2. The van der Waals surface area contributed by atoms with E-state index in [1.54, 1.807) is 42.5 Å². The first-order chi connectivity index (χ1) is 19.1. The van der Waals surface area contributed by atoms with E-state index in [4.69, 9.17) is 35.3 Å². The number of ether oxygens (including phenoxy) is 5. The molecular formula is C29H33ClO11. The van der Waals surface area contributed by atoms with Crippen molar-refractivity contribution in [3.8, 4) is 0 Å². The van der Waals surface area contributed by atoms with Crippen LogP contribution in [0.1, 0.15) is 63.0 Å². The third-order valence-corrected chi connectivity index (χ3v) is 6.65. The van der Waals surface area contributed by atoms with Crippen molar-refractivity contribution in [2.45, 2.75) is 77.3 Å². The van der Waals surface area contributed by atoms with Gasteiger partial charge in [-0.3, -0.25) is 19.2 Å². The Morgan fingerprint density at radius 1 is 0.829 bits per heavy atom. The summed E-state index contributed by atoms with van der Waals surface area (Å²) in [6.45, 7) is 5.61. The summed E-state index contributed by atoms with van der Waals surface area (Å²) in [5, 5.41) is 20.1. The molecule has 5 unspecified atom stereocenters. The van der Waals surface area contributed by atoms with E-state index in [9.17, 15) is 29.4 Å². The summed E-state index contributed by atoms with van der Waals surface area (Å²) in [5.41, 5.74) is 2.30. The molecule has 1 aliphatic rings. The maximum Gasteiger partial charge on any atom is 0.303 e. The van der Waals surface area contributed by atoms with Gasteiger partial charge in [-0.1, -0.05) is 48.0 Å². The molecule has 5 atom stereocenters. The molecule has 0 spiro atoms. The quantitative estimate of drug-likeness (QED) is 0.251. The van der Waals surface area contributed by atoms with E-state index < -0.39 is 60.2 Å². The van der Waals surface area contributed by atoms with Crippen LogP contribution in [0.3, 0.4) is 0 Å². The summed E-state index contributed by atoms with van der Waals surface area (Å²) in [7, 11) is 0. The van der Waals surface area contributed by atoms with E-state index in [1.807, 2.05) is 0 Å². The molecule has 0 saturated carbocycles. The standard InChI is InChI=1S/C29H33ClO11/c1-15(31)37-14-24-26(38-16(2)32)28(40-18(4)34)27(39-17(3)33)25(41-24)20-8-11-23(30)21(13-20)12-19-6-9-22(10-7-19)29(5,35)36/h6-11,13,24-28,35-36H,12,14H2,1-5H3. The molecule has 3 rings (SSSR count). The maximum absolute atomic E-state index is 12.2. The first-order valence-electron chi connectivity index (χ1n) is 12.8. The second kappa shape index (κ2) is 13.4. The van der Waals surface area contributed by atoms with Gasteiger partial charge in [0.2, 0.25) is 0 Å². The van der Waals surface area contributed by atoms with Crippen molar-refractivity contribution in [3.05, 3.63) is 69.7 Å². The Balaban J connectivity index is 2.04. The normalized spacial score (nSPS) is 22.4. The van der Waals surface area contributed by atoms with Crippen LogP contribution in [-0.2, 0) is 55.1 Å². The predicted molar refractivity (Wildman–Crippen MR) is 143 cm³/mol. The number of halogens is 1. The highest BCUT2D eigenvalue weighted by molar-refractivity contribution is 6.31. The minimum atomic E-state index is -1.98. The average molecular weight is 593 g/mol. The zero-order valence-electron chi connectivity index (χ0n) is 23.3. The largest absolute Gasteiger partial charge is 0.463 e. The van der Waals surface area contributed by atoms with Gasteiger partial charge in [-0.2, -0.15) is 0 Å². The smallest absolute Gasteiger partial charge is 0.303 e. The summed E-state index contributed by atoms with van der Waals surface area (Å²) in [4.78, 5) is 47.8. The van der Waals surface area contributed by atoms with Crippen LogP contribution in [0.4, 0.5) is 0 Å². The maximum atomic E-state index is 12.2. The summed E-state index contributed by atoms with van der Waals surface area (Å²) >= 11 is 6.51. The van der Waals surface area contributed by atoms with Crippen LogP contribution < -0.4 is 0 Å². The highest BCUT2D eigenvalue weighted by Crippen LogP contribution is 2.39. The van der Waals surface area contributed by atoms with Gasteiger partial charge in [-0.25, -0.2) is 0 Å². The van der Waals surface area contributed by atoms with Crippen molar-refractivity contribution in [1.82, 2.24) is 0 Å². The van der Waals surface area contributed by atoms with Gasteiger partial charge in [-0.05, 0) is 36.1 Å². The Hall–Kier alpha value is -3.51. The van der Waals surface area contributed by atoms with Crippen molar-refractivity contribution in [1.29, 1.82) is 0 Å². The second-order valence-corrected chi connectivity index (χ2v) is 10.3. The molecule has 222 valence electrons. The van der Waals surface area contributed by atoms with E-state index in [1.165, 1.54) is 20.8 Å². The fraction of sp³-hybridized carbons (Fsp3) is 0.448. The molecule has 2 aromatic rings. The van der Waals surface area contributed by atoms with Gasteiger partial charge in [0.15, 0.2) is 24.1 Å². The van der Waals surface area contributed by atoms with Crippen LogP contribution in [-0.4, -0.2) is 65.1 Å². The summed E-state index contributed by atoms with van der Waals surface area (Å²) in [6, 6.07) is 11.7. The van der Waals surface area contributed by atoms with Crippen LogP contribution >= 0.6 is 11.6 Å². The van der Waals surface area contributed by atoms with Crippen LogP contribution in [0.15, 0.2) is 42.5 Å². The van der Waals surface area contributed by atoms with Gasteiger partial charge in [0.25, 0.3) is 0 Å². The molecule has 0 amide bonds. The molecular weight excluding hydrogens is 560 g/mol. The summed E-state index contributed by atoms with van der Waals surface area (Å²) in [5.74, 6) is -4.73. The molecule has 1 aliphatic heterocycles. The highest BCUT2D eigenvalue weighted by Gasteiger charge is 2.52. The van der Waals surface area contributed by atoms with Crippen LogP contribution in [0.5, 0.6) is 0 Å². The third-order valence-electron chi connectivity index (χ3n) is 6.28. The minimum Gasteiger partial charge on any atom is -0.463 e. The molecule has 1 fully saturated rings. The van der Waals surface area contributed by atoms with E-state index >= 15 is 0 Å². The van der Waals surface area contributed by atoms with Crippen LogP contribution in [0, 0.1) is 0 Å². The van der Waals surface area contributed by atoms with E-state index in [0.29, 0.717) is 28.1 Å². The molecule has 1 heterocycles. The lowest BCUT2D eigenvalue weighted by Crippen LogP contribution is -2.59. The van der Waals surface area contributed by atoms with Crippen molar-refractivity contribution in [3.63, 3.8) is 0 Å². The summed E-state index contributed by atoms with van der Waals surface area (Å²) < 4.78 is 27.9. The van der Waals surface area contributed by atoms with Crippen molar-refractivity contribution >= 4 is 35.5 Å². The zero-order valence-corrected chi connectivity index (χ0v) is 24.0. The molecule has 0 aliphatic carbocycles. The highest BCUT2D eigenvalue weighted by atomic mass is 35.5. The Labute approximate surface area is 242 Å². The Bertz CT molecular complexity index is 1270. The molecule has 41 heavy (non-hydrogen) atoms. The Kier molecular flexibility index (Phi) is 10.5. The second-order valence-electron chi connectivity index (χ2n) is 9.87. The van der Waals surface area contributed by atoms with Gasteiger partial charge in [0.1, 0.15) is 18.8 Å². The van der Waals surface area contributed by atoms with Crippen molar-refractivity contribution < 1.29 is 53.1 Å². The monoisotopic (exact) mass is 592 g/mol. The number of hydrogen-bond acceptors (Lipinski definition) is 11. The average Bonchev–Trinajstić information content (AvgIpc) is 2.85. The number of rotatable bonds is 9. The molecule has 11 nitrogen and oxygen atoms in total. The number of carbonyl (C=O) groups is 4. The first kappa shape index (κ1) is 32.0. The van der Waals surface area contributed by atoms with E-state index in [-0.39, 0.29) is 6.61 Å². The first-order valence-corrected chi connectivity index (χ1v) is 13.2. The topological polar surface area (TPSA) is 155 Å². The van der Waals surface area contributed by atoms with Crippen LogP contribution in [0.25, 0.3) is 0 Å². The molecule has 2 N–H and O–H groups in total. The molecule has 12 heteroatoms. The van der Waals surface area contributed by atoms with Crippen molar-refractivity contribution in [2.75, 3.05) is 6.61 Å². The SMILES string of the molecule is CC(=O)OCC1OC(c2ccc(Cl)c(Cc3ccc(C(C)(O)O)cc3)c2)C(OC(C)=O)C(OC(C)=O)C1OC(C)=O.